The number of aliphatic hydroxyl groups excluding tert-OH is 21. The summed E-state index contributed by atoms with van der Waals surface area (Å²) < 4.78 is 74.3. The first kappa shape index (κ1) is 69.1. The van der Waals surface area contributed by atoms with Crippen molar-refractivity contribution in [1.82, 2.24) is 10.6 Å². The molecule has 0 aliphatic carbocycles. The van der Waals surface area contributed by atoms with Crippen molar-refractivity contribution in [3.8, 4) is 0 Å². The number of hydrogen-bond donors (Lipinski definition) is 23. The third-order valence-corrected chi connectivity index (χ3v) is 15.3. The Kier molecular flexibility index (Phi) is 24.6. The molecule has 35 atom stereocenters. The van der Waals surface area contributed by atoms with Crippen molar-refractivity contribution in [2.24, 2.45) is 0 Å². The van der Waals surface area contributed by atoms with Crippen molar-refractivity contribution in [1.29, 1.82) is 0 Å². The molecule has 84 heavy (non-hydrogen) atoms. The van der Waals surface area contributed by atoms with E-state index in [1.807, 2.05) is 0 Å². The van der Waals surface area contributed by atoms with Crippen LogP contribution in [-0.4, -0.2) is 380 Å². The van der Waals surface area contributed by atoms with E-state index in [1.54, 1.807) is 0 Å². The van der Waals surface area contributed by atoms with Gasteiger partial charge in [0.05, 0.1) is 46.2 Å². The fourth-order valence-corrected chi connectivity index (χ4v) is 10.6. The van der Waals surface area contributed by atoms with Crippen LogP contribution in [0.4, 0.5) is 0 Å². The highest BCUT2D eigenvalue weighted by atomic mass is 16.8. The Balaban J connectivity index is 1.17. The van der Waals surface area contributed by atoms with Gasteiger partial charge in [0.1, 0.15) is 171 Å². The summed E-state index contributed by atoms with van der Waals surface area (Å²) in [6, 6.07) is -3.37. The van der Waals surface area contributed by atoms with E-state index in [4.69, 9.17) is 61.6 Å². The number of rotatable bonds is 21. The van der Waals surface area contributed by atoms with E-state index >= 15 is 0 Å². The minimum Gasteiger partial charge on any atom is -0.394 e. The molecule has 7 aliphatic heterocycles. The number of ether oxygens (including phenoxy) is 13. The highest BCUT2D eigenvalue weighted by Crippen LogP contribution is 2.37. The summed E-state index contributed by atoms with van der Waals surface area (Å²) in [5.41, 5.74) is 0. The maximum absolute atomic E-state index is 12.7. The number of carbonyl (C=O) groups excluding carboxylic acids is 2. The molecule has 0 spiro atoms. The molecule has 0 bridgehead atoms. The largest absolute Gasteiger partial charge is 0.394 e. The second-order valence-corrected chi connectivity index (χ2v) is 21.1. The second kappa shape index (κ2) is 29.9. The minimum atomic E-state index is -2.34. The van der Waals surface area contributed by atoms with Crippen LogP contribution in [-0.2, 0) is 71.2 Å². The number of hydrogen-bond acceptors (Lipinski definition) is 36. The molecule has 0 unspecified atom stereocenters. The average Bonchev–Trinajstić information content (AvgIpc) is 1.85. The van der Waals surface area contributed by atoms with Gasteiger partial charge in [-0.3, -0.25) is 9.59 Å². The van der Waals surface area contributed by atoms with Gasteiger partial charge in [-0.25, -0.2) is 0 Å². The molecule has 7 fully saturated rings. The second-order valence-electron chi connectivity index (χ2n) is 21.1. The summed E-state index contributed by atoms with van der Waals surface area (Å²) >= 11 is 0. The predicted octanol–water partition coefficient (Wildman–Crippen LogP) is -16.0. The molecular formula is C46H78N2O36. The van der Waals surface area contributed by atoms with Crippen LogP contribution in [0.2, 0.25) is 0 Å². The van der Waals surface area contributed by atoms with Gasteiger partial charge in [0.15, 0.2) is 44.0 Å². The first-order valence-corrected chi connectivity index (χ1v) is 26.6. The van der Waals surface area contributed by atoms with Crippen molar-refractivity contribution >= 4 is 11.8 Å². The third kappa shape index (κ3) is 14.9. The molecular weight excluding hydrogens is 1160 g/mol. The molecule has 7 rings (SSSR count). The van der Waals surface area contributed by atoms with E-state index in [0.717, 1.165) is 13.8 Å². The first-order valence-electron chi connectivity index (χ1n) is 26.6. The first-order chi connectivity index (χ1) is 39.7. The van der Waals surface area contributed by atoms with Crippen LogP contribution in [0.1, 0.15) is 13.8 Å². The van der Waals surface area contributed by atoms with Gasteiger partial charge < -0.3 is 179 Å². The van der Waals surface area contributed by atoms with Gasteiger partial charge in [-0.2, -0.15) is 0 Å². The number of amides is 2. The Morgan fingerprint density at radius 3 is 1.04 bits per heavy atom. The topological polar surface area (TPSA) is 603 Å². The van der Waals surface area contributed by atoms with Crippen LogP contribution < -0.4 is 10.6 Å². The minimum absolute atomic E-state index is 0.738. The lowest BCUT2D eigenvalue weighted by molar-refractivity contribution is -0.387. The summed E-state index contributed by atoms with van der Waals surface area (Å²) in [6.45, 7) is -4.78. The van der Waals surface area contributed by atoms with Gasteiger partial charge in [-0.15, -0.1) is 0 Å². The fourth-order valence-electron chi connectivity index (χ4n) is 10.6. The van der Waals surface area contributed by atoms with Crippen molar-refractivity contribution in [2.45, 2.75) is 229 Å². The van der Waals surface area contributed by atoms with Crippen LogP contribution in [0.3, 0.4) is 0 Å². The third-order valence-electron chi connectivity index (χ3n) is 15.3. The van der Waals surface area contributed by atoms with E-state index in [2.05, 4.69) is 10.6 Å². The van der Waals surface area contributed by atoms with Crippen LogP contribution >= 0.6 is 0 Å². The predicted molar refractivity (Wildman–Crippen MR) is 255 cm³/mol. The Bertz CT molecular complexity index is 2060. The van der Waals surface area contributed by atoms with Gasteiger partial charge >= 0.3 is 0 Å². The maximum atomic E-state index is 12.7. The standard InChI is InChI=1S/C46H78N2O36/c1-10(54)47-19-26(61)36(15(6-52)74-40(19)71)81-41-20(48-11(2)55)27(62)37(16(7-53)78-41)82-46-35(70)39(84-45-33(68)30(65)23(58)14(5-51)77-45)25(60)18(80-46)9-73-43-34(69)38(83-44-32(67)29(64)22(57)13(4-50)76-44)24(59)17(79-43)8-72-42-31(66)28(63)21(56)12(3-49)75-42/h12-46,49-53,56-71H,3-9H2,1-2H3,(H,47,54)(H,48,55)/t12-,13-,14-,15-,16-,17-,18-,19-,20-,21-,22-,23-,24-,25-,26-,27-,28+,29+,30+,31+,32+,33+,34+,35+,36-,37-,38+,39+,40-,41+,42+,43+,44+,45-,46-/m1/s1. The fraction of sp³-hybridized carbons (Fsp3) is 0.957. The smallest absolute Gasteiger partial charge is 0.217 e. The number of aliphatic hydroxyl groups is 21. The van der Waals surface area contributed by atoms with Crippen LogP contribution in [0.15, 0.2) is 0 Å². The quantitative estimate of drug-likeness (QED) is 0.0507. The van der Waals surface area contributed by atoms with Gasteiger partial charge in [0, 0.05) is 13.8 Å². The Hall–Kier alpha value is -2.42. The molecule has 0 radical (unpaired) electrons. The summed E-state index contributed by atoms with van der Waals surface area (Å²) in [5.74, 6) is -1.61. The normalized spacial score (nSPS) is 50.3. The highest BCUT2D eigenvalue weighted by Gasteiger charge is 2.58. The van der Waals surface area contributed by atoms with Gasteiger partial charge in [-0.05, 0) is 0 Å². The molecule has 0 aromatic heterocycles. The maximum Gasteiger partial charge on any atom is 0.217 e. The van der Waals surface area contributed by atoms with Crippen molar-refractivity contribution in [2.75, 3.05) is 46.2 Å². The Morgan fingerprint density at radius 1 is 0.310 bits per heavy atom. The molecule has 38 heteroatoms. The average molecular weight is 1240 g/mol. The highest BCUT2D eigenvalue weighted by molar-refractivity contribution is 5.73. The molecule has 7 aliphatic rings. The lowest BCUT2D eigenvalue weighted by atomic mass is 9.94. The summed E-state index contributed by atoms with van der Waals surface area (Å²) in [7, 11) is 0. The Morgan fingerprint density at radius 2 is 0.607 bits per heavy atom. The molecule has 0 aromatic rings. The van der Waals surface area contributed by atoms with E-state index in [1.165, 1.54) is 0 Å². The van der Waals surface area contributed by atoms with Crippen molar-refractivity contribution in [3.63, 3.8) is 0 Å². The summed E-state index contributed by atoms with van der Waals surface area (Å²) in [6.07, 6.45) is -65.1. The van der Waals surface area contributed by atoms with Crippen molar-refractivity contribution in [3.05, 3.63) is 0 Å². The summed E-state index contributed by atoms with van der Waals surface area (Å²) in [4.78, 5) is 24.6. The molecule has 38 nitrogen and oxygen atoms in total. The summed E-state index contributed by atoms with van der Waals surface area (Å²) in [5, 5.41) is 231. The van der Waals surface area contributed by atoms with E-state index < -0.39 is 273 Å². The van der Waals surface area contributed by atoms with E-state index in [-0.39, 0.29) is 0 Å². The monoisotopic (exact) mass is 1230 g/mol. The van der Waals surface area contributed by atoms with E-state index in [0.29, 0.717) is 0 Å². The molecule has 0 aromatic carbocycles. The van der Waals surface area contributed by atoms with Gasteiger partial charge in [0.25, 0.3) is 0 Å². The molecule has 0 saturated carbocycles. The zero-order valence-electron chi connectivity index (χ0n) is 44.7. The molecule has 488 valence electrons. The van der Waals surface area contributed by atoms with Crippen LogP contribution in [0.5, 0.6) is 0 Å². The lowest BCUT2D eigenvalue weighted by Gasteiger charge is -2.50. The van der Waals surface area contributed by atoms with E-state index in [9.17, 15) is 117 Å². The lowest BCUT2D eigenvalue weighted by Crippen LogP contribution is -2.70. The zero-order chi connectivity index (χ0) is 61.9. The molecule has 23 N–H and O–H groups in total. The number of carbonyl (C=O) groups is 2. The zero-order valence-corrected chi connectivity index (χ0v) is 44.7. The van der Waals surface area contributed by atoms with Crippen LogP contribution in [0.25, 0.3) is 0 Å². The Labute approximate surface area is 475 Å². The van der Waals surface area contributed by atoms with Crippen molar-refractivity contribution < 1.29 is 178 Å². The van der Waals surface area contributed by atoms with Gasteiger partial charge in [0.2, 0.25) is 11.8 Å². The number of nitrogens with one attached hydrogen (secondary N) is 2. The SMILES string of the molecule is CC(=O)N[C@@H]1[C@@H](O)[C@H](O[C@@H]2O[C@H](CO)[C@@H](O[C@H]3O[C@H](CO[C@H]4O[C@H](CO[C@H]5O[C@H](CO)[C@@H](O)[C@H](O)[C@@H]5O)[C@@H](O)[C@H](O[C@@H]5O[C@H](CO)[C@@H](O)[C@H](O)[C@@H]5O)[C@@H]4O)[C@@H](O)[C@H](O[C@H]4O[C@H](CO)[C@@H](O)[C@H](O)[C@@H]4O)[C@@H]3O)[C@H](O)[C@H]2NC(C)=O)[C@@H](CO)O[C@H]1O. The molecule has 7 saturated heterocycles. The molecule has 2 amide bonds. The van der Waals surface area contributed by atoms with Gasteiger partial charge in [-0.1, -0.05) is 0 Å². The molecule has 7 heterocycles. The van der Waals surface area contributed by atoms with Crippen LogP contribution in [0, 0.1) is 0 Å².